The van der Waals surface area contributed by atoms with Gasteiger partial charge in [0, 0.05) is 57.4 Å². The summed E-state index contributed by atoms with van der Waals surface area (Å²) in [7, 11) is 2.17. The number of benzene rings is 2. The summed E-state index contributed by atoms with van der Waals surface area (Å²) in [6.45, 7) is 4.94. The normalized spacial score (nSPS) is 19.5. The molecule has 184 valence electrons. The highest BCUT2D eigenvalue weighted by Gasteiger charge is 2.16. The molecule has 2 N–H and O–H groups in total. The number of likely N-dealkylation sites (N-methyl/N-ethyl adjacent to an activating group) is 1. The predicted octanol–water partition coefficient (Wildman–Crippen LogP) is 3.49. The molecule has 1 unspecified atom stereocenters. The largest absolute Gasteiger partial charge is 0.369 e. The van der Waals surface area contributed by atoms with Crippen LogP contribution in [-0.2, 0) is 20.8 Å². The van der Waals surface area contributed by atoms with Gasteiger partial charge in [0.1, 0.15) is 5.82 Å². The monoisotopic (exact) mass is 475 g/mol. The van der Waals surface area contributed by atoms with Crippen LogP contribution in [0.5, 0.6) is 0 Å². The number of amides is 1. The number of anilines is 1. The number of imidazole rings is 1. The third-order valence-corrected chi connectivity index (χ3v) is 6.59. The summed E-state index contributed by atoms with van der Waals surface area (Å²) in [6.07, 6.45) is 6.50. The second-order valence-corrected chi connectivity index (χ2v) is 9.31. The Bertz CT molecular complexity index is 1160. The van der Waals surface area contributed by atoms with Gasteiger partial charge in [-0.2, -0.15) is 0 Å². The fourth-order valence-electron chi connectivity index (χ4n) is 4.47. The third-order valence-electron chi connectivity index (χ3n) is 6.59. The quantitative estimate of drug-likeness (QED) is 0.402. The number of rotatable bonds is 7. The number of nitrogens with zero attached hydrogens (tertiary/aromatic N) is 3. The lowest BCUT2D eigenvalue weighted by Gasteiger charge is -2.34. The zero-order valence-electron chi connectivity index (χ0n) is 20.2. The topological polar surface area (TPSA) is 82.7 Å². The lowest BCUT2D eigenvalue weighted by atomic mass is 10.1. The highest BCUT2D eigenvalue weighted by molar-refractivity contribution is 5.90. The number of hydroxylamine groups is 1. The van der Waals surface area contributed by atoms with E-state index >= 15 is 0 Å². The number of H-pyrrole nitrogens is 1. The van der Waals surface area contributed by atoms with Crippen molar-refractivity contribution < 1.29 is 14.4 Å². The van der Waals surface area contributed by atoms with E-state index in [2.05, 4.69) is 57.6 Å². The van der Waals surface area contributed by atoms with E-state index in [0.29, 0.717) is 6.61 Å². The van der Waals surface area contributed by atoms with Crippen molar-refractivity contribution in [1.29, 1.82) is 0 Å². The molecule has 0 spiro atoms. The number of fused-ring (bicyclic) bond motifs is 1. The summed E-state index contributed by atoms with van der Waals surface area (Å²) in [5, 5.41) is 0. The van der Waals surface area contributed by atoms with Crippen LogP contribution in [0.15, 0.2) is 48.5 Å². The molecular formula is C27H33N5O3. The molecule has 35 heavy (non-hydrogen) atoms. The van der Waals surface area contributed by atoms with Gasteiger partial charge in [0.15, 0.2) is 6.29 Å². The SMILES string of the molecule is CN1CCN(c2ccc3[nH]c(Cc4ccc(/C=C/C(=O)NOC5CCCCO5)cc4)nc3c2)CC1. The number of aromatic amines is 1. The Hall–Kier alpha value is -3.20. The van der Waals surface area contributed by atoms with Gasteiger partial charge in [0.05, 0.1) is 11.0 Å². The smallest absolute Gasteiger partial charge is 0.267 e. The Morgan fingerprint density at radius 1 is 1.17 bits per heavy atom. The number of aromatic nitrogens is 2. The summed E-state index contributed by atoms with van der Waals surface area (Å²) < 4.78 is 5.44. The Morgan fingerprint density at radius 3 is 2.77 bits per heavy atom. The molecule has 0 bridgehead atoms. The molecular weight excluding hydrogens is 442 g/mol. The van der Waals surface area contributed by atoms with Gasteiger partial charge in [-0.05, 0) is 55.3 Å². The minimum Gasteiger partial charge on any atom is -0.369 e. The maximum absolute atomic E-state index is 12.0. The van der Waals surface area contributed by atoms with Crippen molar-refractivity contribution in [2.75, 3.05) is 44.7 Å². The second kappa shape index (κ2) is 11.0. The summed E-state index contributed by atoms with van der Waals surface area (Å²) in [5.41, 5.74) is 7.84. The van der Waals surface area contributed by atoms with Gasteiger partial charge in [-0.1, -0.05) is 24.3 Å². The van der Waals surface area contributed by atoms with E-state index < -0.39 is 0 Å². The first-order chi connectivity index (χ1) is 17.1. The molecule has 1 atom stereocenters. The fraction of sp³-hybridized carbons (Fsp3) is 0.407. The van der Waals surface area contributed by atoms with Crippen LogP contribution in [0.3, 0.4) is 0 Å². The maximum Gasteiger partial charge on any atom is 0.267 e. The Morgan fingerprint density at radius 2 is 2.00 bits per heavy atom. The Labute approximate surface area is 205 Å². The van der Waals surface area contributed by atoms with E-state index in [1.165, 1.54) is 11.8 Å². The van der Waals surface area contributed by atoms with Gasteiger partial charge in [-0.25, -0.2) is 15.3 Å². The Balaban J connectivity index is 1.15. The van der Waals surface area contributed by atoms with Crippen molar-refractivity contribution in [3.05, 3.63) is 65.5 Å². The molecule has 0 radical (unpaired) electrons. The van der Waals surface area contributed by atoms with E-state index in [4.69, 9.17) is 14.6 Å². The first-order valence-corrected chi connectivity index (χ1v) is 12.4. The number of carbonyl (C=O) groups excluding carboxylic acids is 1. The third kappa shape index (κ3) is 6.28. The van der Waals surface area contributed by atoms with E-state index in [0.717, 1.165) is 79.8 Å². The number of hydrogen-bond acceptors (Lipinski definition) is 6. The Kier molecular flexibility index (Phi) is 7.42. The average Bonchev–Trinajstić information content (AvgIpc) is 3.29. The van der Waals surface area contributed by atoms with Crippen molar-refractivity contribution in [3.8, 4) is 0 Å². The van der Waals surface area contributed by atoms with Crippen LogP contribution in [0.1, 0.15) is 36.2 Å². The number of ether oxygens (including phenoxy) is 1. The zero-order chi connectivity index (χ0) is 24.0. The molecule has 0 saturated carbocycles. The maximum atomic E-state index is 12.0. The summed E-state index contributed by atoms with van der Waals surface area (Å²) in [5.74, 6) is 0.641. The van der Waals surface area contributed by atoms with Gasteiger partial charge in [-0.15, -0.1) is 0 Å². The minimum absolute atomic E-state index is 0.304. The van der Waals surface area contributed by atoms with Crippen molar-refractivity contribution in [3.63, 3.8) is 0 Å². The molecule has 2 aromatic carbocycles. The first-order valence-electron chi connectivity index (χ1n) is 12.4. The average molecular weight is 476 g/mol. The number of hydrogen-bond donors (Lipinski definition) is 2. The van der Waals surface area contributed by atoms with Crippen molar-refractivity contribution in [1.82, 2.24) is 20.3 Å². The molecule has 2 fully saturated rings. The molecule has 5 rings (SSSR count). The molecule has 2 aliphatic rings. The van der Waals surface area contributed by atoms with Crippen LogP contribution >= 0.6 is 0 Å². The highest BCUT2D eigenvalue weighted by Crippen LogP contribution is 2.23. The summed E-state index contributed by atoms with van der Waals surface area (Å²) >= 11 is 0. The van der Waals surface area contributed by atoms with Gasteiger partial charge in [0.25, 0.3) is 5.91 Å². The van der Waals surface area contributed by atoms with E-state index in [1.54, 1.807) is 6.08 Å². The van der Waals surface area contributed by atoms with Crippen LogP contribution < -0.4 is 10.4 Å². The standard InChI is InChI=1S/C27H33N5O3/c1-31-13-15-32(16-14-31)22-10-11-23-24(19-22)29-25(28-23)18-21-7-5-20(6-8-21)9-12-26(33)30-35-27-4-2-3-17-34-27/h5-12,19,27H,2-4,13-18H2,1H3,(H,28,29)(H,30,33)/b12-9+. The molecule has 1 amide bonds. The molecule has 8 nitrogen and oxygen atoms in total. The molecule has 1 aromatic heterocycles. The van der Waals surface area contributed by atoms with Crippen LogP contribution in [-0.4, -0.2) is 66.9 Å². The van der Waals surface area contributed by atoms with Crippen LogP contribution in [0, 0.1) is 0 Å². The van der Waals surface area contributed by atoms with E-state index in [9.17, 15) is 4.79 Å². The molecule has 8 heteroatoms. The van der Waals surface area contributed by atoms with Gasteiger partial charge < -0.3 is 19.5 Å². The van der Waals surface area contributed by atoms with Crippen molar-refractivity contribution in [2.24, 2.45) is 0 Å². The number of nitrogens with one attached hydrogen (secondary N) is 2. The summed E-state index contributed by atoms with van der Waals surface area (Å²) in [4.78, 5) is 30.4. The van der Waals surface area contributed by atoms with Crippen molar-refractivity contribution in [2.45, 2.75) is 32.0 Å². The van der Waals surface area contributed by atoms with Gasteiger partial charge in [-0.3, -0.25) is 4.79 Å². The zero-order valence-corrected chi connectivity index (χ0v) is 20.2. The van der Waals surface area contributed by atoms with E-state index in [1.807, 2.05) is 12.1 Å². The van der Waals surface area contributed by atoms with E-state index in [-0.39, 0.29) is 12.2 Å². The fourth-order valence-corrected chi connectivity index (χ4v) is 4.47. The number of carbonyl (C=O) groups is 1. The lowest BCUT2D eigenvalue weighted by Crippen LogP contribution is -2.44. The molecule has 2 saturated heterocycles. The second-order valence-electron chi connectivity index (χ2n) is 9.31. The molecule has 3 aromatic rings. The summed E-state index contributed by atoms with van der Waals surface area (Å²) in [6, 6.07) is 14.6. The van der Waals surface area contributed by atoms with Crippen LogP contribution in [0.2, 0.25) is 0 Å². The lowest BCUT2D eigenvalue weighted by molar-refractivity contribution is -0.198. The van der Waals surface area contributed by atoms with Gasteiger partial charge >= 0.3 is 0 Å². The number of piperazine rings is 1. The highest BCUT2D eigenvalue weighted by atomic mass is 16.8. The molecule has 3 heterocycles. The van der Waals surface area contributed by atoms with Crippen molar-refractivity contribution >= 4 is 28.7 Å². The van der Waals surface area contributed by atoms with Crippen LogP contribution in [0.25, 0.3) is 17.1 Å². The molecule has 0 aliphatic carbocycles. The van der Waals surface area contributed by atoms with Crippen LogP contribution in [0.4, 0.5) is 5.69 Å². The first kappa shape index (κ1) is 23.5. The van der Waals surface area contributed by atoms with Gasteiger partial charge in [0.2, 0.25) is 0 Å². The minimum atomic E-state index is -0.350. The molecule has 2 aliphatic heterocycles. The predicted molar refractivity (Wildman–Crippen MR) is 137 cm³/mol.